The highest BCUT2D eigenvalue weighted by atomic mass is 16.6. The average molecular weight is 261 g/mol. The number of hydrogen-bond acceptors (Lipinski definition) is 5. The maximum atomic E-state index is 10.9. The van der Waals surface area contributed by atoms with Gasteiger partial charge in [0, 0.05) is 24.2 Å². The maximum Gasteiger partial charge on any atom is 0.272 e. The van der Waals surface area contributed by atoms with Crippen molar-refractivity contribution in [1.29, 1.82) is 0 Å². The lowest BCUT2D eigenvalue weighted by atomic mass is 10.1. The zero-order valence-corrected chi connectivity index (χ0v) is 10.6. The number of benzene rings is 1. The fraction of sp³-hybridized carbons (Fsp3) is 0.333. The predicted octanol–water partition coefficient (Wildman–Crippen LogP) is 1.04. The van der Waals surface area contributed by atoms with Gasteiger partial charge in [-0.3, -0.25) is 10.1 Å². The lowest BCUT2D eigenvalue weighted by Gasteiger charge is -2.05. The van der Waals surface area contributed by atoms with Crippen LogP contribution in [-0.4, -0.2) is 26.5 Å². The second kappa shape index (κ2) is 5.57. The van der Waals surface area contributed by atoms with Gasteiger partial charge in [0.2, 0.25) is 0 Å². The number of nitrogens with two attached hydrogens (primary N) is 1. The molecule has 19 heavy (non-hydrogen) atoms. The second-order valence-corrected chi connectivity index (χ2v) is 4.26. The molecule has 100 valence electrons. The summed E-state index contributed by atoms with van der Waals surface area (Å²) >= 11 is 0. The summed E-state index contributed by atoms with van der Waals surface area (Å²) in [4.78, 5) is 10.5. The van der Waals surface area contributed by atoms with Crippen LogP contribution >= 0.6 is 0 Å². The Bertz CT molecular complexity index is 594. The SMILES string of the molecule is Cc1c(Cn2cc(CCN)nn2)cccc1[N+](=O)[O-]. The minimum atomic E-state index is -0.375. The third-order valence-electron chi connectivity index (χ3n) is 2.93. The smallest absolute Gasteiger partial charge is 0.272 e. The highest BCUT2D eigenvalue weighted by molar-refractivity contribution is 5.44. The van der Waals surface area contributed by atoms with Crippen LogP contribution in [0.4, 0.5) is 5.69 Å². The van der Waals surface area contributed by atoms with Gasteiger partial charge in [-0.1, -0.05) is 17.3 Å². The van der Waals surface area contributed by atoms with Crippen LogP contribution < -0.4 is 5.73 Å². The van der Waals surface area contributed by atoms with Crippen molar-refractivity contribution in [3.05, 3.63) is 51.3 Å². The molecule has 2 rings (SSSR count). The lowest BCUT2D eigenvalue weighted by molar-refractivity contribution is -0.385. The molecule has 0 aliphatic rings. The Kier molecular flexibility index (Phi) is 3.86. The van der Waals surface area contributed by atoms with Crippen molar-refractivity contribution < 1.29 is 4.92 Å². The molecule has 0 fully saturated rings. The largest absolute Gasteiger partial charge is 0.330 e. The second-order valence-electron chi connectivity index (χ2n) is 4.26. The number of nitro groups is 1. The summed E-state index contributed by atoms with van der Waals surface area (Å²) < 4.78 is 1.66. The molecule has 1 heterocycles. The number of aromatic nitrogens is 3. The van der Waals surface area contributed by atoms with E-state index < -0.39 is 0 Å². The molecule has 0 aliphatic heterocycles. The predicted molar refractivity (Wildman–Crippen MR) is 69.7 cm³/mol. The third-order valence-corrected chi connectivity index (χ3v) is 2.93. The van der Waals surface area contributed by atoms with E-state index in [1.165, 1.54) is 6.07 Å². The molecule has 0 atom stereocenters. The molecule has 0 bridgehead atoms. The van der Waals surface area contributed by atoms with Gasteiger partial charge in [0.25, 0.3) is 5.69 Å². The molecule has 0 aliphatic carbocycles. The monoisotopic (exact) mass is 261 g/mol. The minimum absolute atomic E-state index is 0.125. The number of nitrogens with zero attached hydrogens (tertiary/aromatic N) is 4. The zero-order chi connectivity index (χ0) is 13.8. The fourth-order valence-corrected chi connectivity index (χ4v) is 1.89. The Labute approximate surface area is 110 Å². The van der Waals surface area contributed by atoms with E-state index in [1.807, 2.05) is 12.3 Å². The molecular formula is C12H15N5O2. The van der Waals surface area contributed by atoms with E-state index in [0.717, 1.165) is 11.3 Å². The van der Waals surface area contributed by atoms with Crippen molar-refractivity contribution in [2.24, 2.45) is 5.73 Å². The molecule has 1 aromatic carbocycles. The maximum absolute atomic E-state index is 10.9. The van der Waals surface area contributed by atoms with Gasteiger partial charge in [0.1, 0.15) is 0 Å². The Morgan fingerprint density at radius 2 is 2.26 bits per heavy atom. The molecule has 2 N–H and O–H groups in total. The van der Waals surface area contributed by atoms with E-state index in [-0.39, 0.29) is 10.6 Å². The molecule has 0 radical (unpaired) electrons. The summed E-state index contributed by atoms with van der Waals surface area (Å²) in [5, 5.41) is 18.8. The molecule has 0 spiro atoms. The third kappa shape index (κ3) is 2.94. The van der Waals surface area contributed by atoms with Gasteiger partial charge in [-0.2, -0.15) is 0 Å². The van der Waals surface area contributed by atoms with E-state index in [1.54, 1.807) is 17.7 Å². The van der Waals surface area contributed by atoms with E-state index >= 15 is 0 Å². The summed E-state index contributed by atoms with van der Waals surface area (Å²) in [6.07, 6.45) is 2.49. The van der Waals surface area contributed by atoms with Gasteiger partial charge in [0.05, 0.1) is 17.2 Å². The number of nitro benzene ring substituents is 1. The highest BCUT2D eigenvalue weighted by Crippen LogP contribution is 2.21. The molecular weight excluding hydrogens is 246 g/mol. The van der Waals surface area contributed by atoms with Gasteiger partial charge < -0.3 is 5.73 Å². The van der Waals surface area contributed by atoms with Gasteiger partial charge >= 0.3 is 0 Å². The van der Waals surface area contributed by atoms with Gasteiger partial charge in [-0.05, 0) is 19.0 Å². The Morgan fingerprint density at radius 1 is 1.47 bits per heavy atom. The number of hydrogen-bond donors (Lipinski definition) is 1. The first-order valence-corrected chi connectivity index (χ1v) is 5.93. The quantitative estimate of drug-likeness (QED) is 0.640. The molecule has 0 saturated heterocycles. The Hall–Kier alpha value is -2.28. The van der Waals surface area contributed by atoms with Crippen LogP contribution in [0.5, 0.6) is 0 Å². The van der Waals surface area contributed by atoms with E-state index in [0.29, 0.717) is 25.1 Å². The molecule has 7 nitrogen and oxygen atoms in total. The standard InChI is InChI=1S/C12H15N5O2/c1-9-10(3-2-4-12(9)17(18)19)7-16-8-11(5-6-13)14-15-16/h2-4,8H,5-7,13H2,1H3. The molecule has 0 amide bonds. The summed E-state index contributed by atoms with van der Waals surface area (Å²) in [7, 11) is 0. The average Bonchev–Trinajstić information content (AvgIpc) is 2.79. The first kappa shape index (κ1) is 13.2. The summed E-state index contributed by atoms with van der Waals surface area (Å²) in [6, 6.07) is 5.03. The van der Waals surface area contributed by atoms with Crippen LogP contribution in [0.2, 0.25) is 0 Å². The van der Waals surface area contributed by atoms with Crippen molar-refractivity contribution in [1.82, 2.24) is 15.0 Å². The van der Waals surface area contributed by atoms with E-state index in [4.69, 9.17) is 5.73 Å². The van der Waals surface area contributed by atoms with E-state index in [2.05, 4.69) is 10.3 Å². The van der Waals surface area contributed by atoms with Crippen LogP contribution in [-0.2, 0) is 13.0 Å². The van der Waals surface area contributed by atoms with Gasteiger partial charge in [0.15, 0.2) is 0 Å². The van der Waals surface area contributed by atoms with Crippen molar-refractivity contribution in [3.63, 3.8) is 0 Å². The Balaban J connectivity index is 2.23. The van der Waals surface area contributed by atoms with Crippen LogP contribution in [0.1, 0.15) is 16.8 Å². The summed E-state index contributed by atoms with van der Waals surface area (Å²) in [6.45, 7) is 2.73. The van der Waals surface area contributed by atoms with Crippen LogP contribution in [0.3, 0.4) is 0 Å². The first-order valence-electron chi connectivity index (χ1n) is 5.93. The van der Waals surface area contributed by atoms with Crippen molar-refractivity contribution in [2.45, 2.75) is 19.9 Å². The van der Waals surface area contributed by atoms with Crippen LogP contribution in [0.15, 0.2) is 24.4 Å². The fourth-order valence-electron chi connectivity index (χ4n) is 1.89. The van der Waals surface area contributed by atoms with Crippen LogP contribution in [0.25, 0.3) is 0 Å². The summed E-state index contributed by atoms with van der Waals surface area (Å²) in [5.41, 5.74) is 7.91. The zero-order valence-electron chi connectivity index (χ0n) is 10.6. The van der Waals surface area contributed by atoms with Crippen molar-refractivity contribution >= 4 is 5.69 Å². The Morgan fingerprint density at radius 3 is 2.95 bits per heavy atom. The van der Waals surface area contributed by atoms with E-state index in [9.17, 15) is 10.1 Å². The van der Waals surface area contributed by atoms with Gasteiger partial charge in [-0.25, -0.2) is 4.68 Å². The summed E-state index contributed by atoms with van der Waals surface area (Å²) in [5.74, 6) is 0. The first-order chi connectivity index (χ1) is 9.11. The molecule has 1 aromatic heterocycles. The molecule has 0 unspecified atom stereocenters. The normalized spacial score (nSPS) is 10.6. The lowest BCUT2D eigenvalue weighted by Crippen LogP contribution is -2.04. The molecule has 7 heteroatoms. The van der Waals surface area contributed by atoms with Crippen molar-refractivity contribution in [3.8, 4) is 0 Å². The minimum Gasteiger partial charge on any atom is -0.330 e. The number of rotatable bonds is 5. The van der Waals surface area contributed by atoms with Crippen molar-refractivity contribution in [2.75, 3.05) is 6.54 Å². The van der Waals surface area contributed by atoms with Crippen LogP contribution in [0, 0.1) is 17.0 Å². The topological polar surface area (TPSA) is 99.9 Å². The van der Waals surface area contributed by atoms with Gasteiger partial charge in [-0.15, -0.1) is 5.10 Å². The molecule has 2 aromatic rings. The highest BCUT2D eigenvalue weighted by Gasteiger charge is 2.13. The molecule has 0 saturated carbocycles.